The van der Waals surface area contributed by atoms with E-state index in [-0.39, 0.29) is 0 Å². The van der Waals surface area contributed by atoms with Crippen LogP contribution in [-0.4, -0.2) is 11.6 Å². The van der Waals surface area contributed by atoms with Gasteiger partial charge in [-0.25, -0.2) is 0 Å². The molecule has 1 heterocycles. The minimum absolute atomic E-state index is 0.337. The molecule has 0 atom stereocenters. The molecule has 0 aliphatic heterocycles. The molecule has 102 valence electrons. The van der Waals surface area contributed by atoms with Crippen LogP contribution in [0.2, 0.25) is 5.15 Å². The second kappa shape index (κ2) is 6.98. The van der Waals surface area contributed by atoms with Crippen molar-refractivity contribution >= 4 is 34.5 Å². The molecule has 3 nitrogen and oxygen atoms in total. The summed E-state index contributed by atoms with van der Waals surface area (Å²) < 4.78 is 11.1. The molecule has 19 heavy (non-hydrogen) atoms. The van der Waals surface area contributed by atoms with Crippen LogP contribution in [0.25, 0.3) is 0 Å². The maximum Gasteiger partial charge on any atom is 0.280 e. The molecule has 0 unspecified atom stereocenters. The normalized spacial score (nSPS) is 10.5. The lowest BCUT2D eigenvalue weighted by Gasteiger charge is -2.05. The molecule has 0 N–H and O–H groups in total. The van der Waals surface area contributed by atoms with Gasteiger partial charge in [-0.2, -0.15) is 4.98 Å². The van der Waals surface area contributed by atoms with Gasteiger partial charge in [0, 0.05) is 0 Å². The molecule has 0 fully saturated rings. The number of alkyl halides is 1. The van der Waals surface area contributed by atoms with Crippen molar-refractivity contribution < 1.29 is 9.47 Å². The minimum atomic E-state index is 0.337. The number of halogens is 2. The minimum Gasteiger partial charge on any atom is -0.494 e. The summed E-state index contributed by atoms with van der Waals surface area (Å²) in [7, 11) is 0. The first-order valence-corrected chi connectivity index (χ1v) is 7.57. The van der Waals surface area contributed by atoms with Crippen molar-refractivity contribution in [2.24, 2.45) is 0 Å². The molecule has 1 aromatic carbocycles. The van der Waals surface area contributed by atoms with Crippen molar-refractivity contribution in [2.45, 2.75) is 19.2 Å². The Balaban J connectivity index is 2.02. The van der Waals surface area contributed by atoms with Crippen molar-refractivity contribution in [1.29, 1.82) is 0 Å². The monoisotopic (exact) mass is 317 g/mol. The zero-order valence-corrected chi connectivity index (χ0v) is 12.7. The van der Waals surface area contributed by atoms with Crippen molar-refractivity contribution in [3.8, 4) is 16.7 Å². The van der Waals surface area contributed by atoms with E-state index in [9.17, 15) is 0 Å². The number of ether oxygens (including phenoxy) is 2. The van der Waals surface area contributed by atoms with Crippen molar-refractivity contribution in [3.63, 3.8) is 0 Å². The Kier molecular flexibility index (Phi) is 5.31. The van der Waals surface area contributed by atoms with E-state index >= 15 is 0 Å². The van der Waals surface area contributed by atoms with Crippen LogP contribution >= 0.6 is 34.5 Å². The highest BCUT2D eigenvalue weighted by Gasteiger charge is 2.10. The van der Waals surface area contributed by atoms with Crippen LogP contribution in [0.1, 0.15) is 18.2 Å². The van der Waals surface area contributed by atoms with E-state index < -0.39 is 0 Å². The van der Waals surface area contributed by atoms with Crippen LogP contribution in [0.4, 0.5) is 0 Å². The fourth-order valence-electron chi connectivity index (χ4n) is 1.36. The number of nitrogens with zero attached hydrogens (tertiary/aromatic N) is 1. The third-order valence-corrected chi connectivity index (χ3v) is 4.04. The van der Waals surface area contributed by atoms with Gasteiger partial charge in [0.15, 0.2) is 0 Å². The van der Waals surface area contributed by atoms with Gasteiger partial charge in [0.05, 0.1) is 17.4 Å². The molecule has 0 saturated heterocycles. The maximum atomic E-state index is 5.91. The summed E-state index contributed by atoms with van der Waals surface area (Å²) in [5.41, 5.74) is 0. The topological polar surface area (TPSA) is 31.4 Å². The van der Waals surface area contributed by atoms with Crippen LogP contribution in [0.15, 0.2) is 24.3 Å². The van der Waals surface area contributed by atoms with Crippen LogP contribution in [0.3, 0.4) is 0 Å². The highest BCUT2D eigenvalue weighted by atomic mass is 35.5. The van der Waals surface area contributed by atoms with E-state index in [1.54, 1.807) is 0 Å². The molecule has 0 amide bonds. The van der Waals surface area contributed by atoms with Gasteiger partial charge < -0.3 is 9.47 Å². The molecule has 0 spiro atoms. The first-order valence-electron chi connectivity index (χ1n) is 5.84. The van der Waals surface area contributed by atoms with Crippen LogP contribution in [0.5, 0.6) is 16.7 Å². The van der Waals surface area contributed by atoms with Crippen molar-refractivity contribution in [1.82, 2.24) is 4.98 Å². The molecule has 0 radical (unpaired) electrons. The Morgan fingerprint density at radius 1 is 1.21 bits per heavy atom. The van der Waals surface area contributed by atoms with E-state index in [2.05, 4.69) is 11.9 Å². The average Bonchev–Trinajstić information content (AvgIpc) is 2.78. The number of rotatable bonds is 6. The lowest BCUT2D eigenvalue weighted by molar-refractivity contribution is 0.317. The average molecular weight is 318 g/mol. The van der Waals surface area contributed by atoms with Gasteiger partial charge in [-0.3, -0.25) is 0 Å². The summed E-state index contributed by atoms with van der Waals surface area (Å²) in [6.07, 6.45) is 0.983. The van der Waals surface area contributed by atoms with Gasteiger partial charge >= 0.3 is 0 Å². The molecule has 0 aliphatic carbocycles. The van der Waals surface area contributed by atoms with Crippen molar-refractivity contribution in [2.75, 3.05) is 6.61 Å². The molecular formula is C13H13Cl2NO2S. The highest BCUT2D eigenvalue weighted by molar-refractivity contribution is 7.14. The summed E-state index contributed by atoms with van der Waals surface area (Å²) in [4.78, 5) is 4.90. The number of aromatic nitrogens is 1. The largest absolute Gasteiger partial charge is 0.494 e. The SMILES string of the molecule is CCCOc1ccc(Oc2nc(Cl)c(CCl)s2)cc1. The molecule has 1 aromatic heterocycles. The van der Waals surface area contributed by atoms with E-state index in [0.29, 0.717) is 28.6 Å². The predicted molar refractivity (Wildman–Crippen MR) is 79.0 cm³/mol. The standard InChI is InChI=1S/C13H13Cl2NO2S/c1-2-7-17-9-3-5-10(6-4-9)18-13-16-12(15)11(8-14)19-13/h3-6H,2,7-8H2,1H3. The fourth-order valence-corrected chi connectivity index (χ4v) is 2.70. The summed E-state index contributed by atoms with van der Waals surface area (Å²) >= 11 is 13.0. The van der Waals surface area contributed by atoms with E-state index in [0.717, 1.165) is 17.0 Å². The zero-order chi connectivity index (χ0) is 13.7. The number of hydrogen-bond donors (Lipinski definition) is 0. The van der Waals surface area contributed by atoms with E-state index in [1.165, 1.54) is 11.3 Å². The second-order valence-electron chi connectivity index (χ2n) is 3.75. The fraction of sp³-hybridized carbons (Fsp3) is 0.308. The van der Waals surface area contributed by atoms with Gasteiger partial charge in [0.25, 0.3) is 5.19 Å². The van der Waals surface area contributed by atoms with E-state index in [4.69, 9.17) is 32.7 Å². The van der Waals surface area contributed by atoms with E-state index in [1.807, 2.05) is 24.3 Å². The van der Waals surface area contributed by atoms with Crippen molar-refractivity contribution in [3.05, 3.63) is 34.3 Å². The van der Waals surface area contributed by atoms with Gasteiger partial charge in [-0.1, -0.05) is 29.9 Å². The Morgan fingerprint density at radius 3 is 2.47 bits per heavy atom. The third-order valence-electron chi connectivity index (χ3n) is 2.25. The molecule has 6 heteroatoms. The first kappa shape index (κ1) is 14.4. The molecule has 0 saturated carbocycles. The van der Waals surface area contributed by atoms with Crippen LogP contribution in [0, 0.1) is 0 Å². The van der Waals surface area contributed by atoms with Gasteiger partial charge in [0.2, 0.25) is 0 Å². The number of thiazole rings is 1. The molecule has 2 rings (SSSR count). The summed E-state index contributed by atoms with van der Waals surface area (Å²) in [6.45, 7) is 2.78. The molecule has 0 bridgehead atoms. The third kappa shape index (κ3) is 4.00. The second-order valence-corrected chi connectivity index (χ2v) is 5.42. The lowest BCUT2D eigenvalue weighted by Crippen LogP contribution is -1.94. The lowest BCUT2D eigenvalue weighted by atomic mass is 10.3. The Hall–Kier alpha value is -0.970. The molecular weight excluding hydrogens is 305 g/mol. The smallest absolute Gasteiger partial charge is 0.280 e. The molecule has 0 aliphatic rings. The Bertz CT molecular complexity index is 528. The molecule has 2 aromatic rings. The highest BCUT2D eigenvalue weighted by Crippen LogP contribution is 2.33. The van der Waals surface area contributed by atoms with Gasteiger partial charge in [-0.05, 0) is 30.7 Å². The van der Waals surface area contributed by atoms with Crippen LogP contribution in [-0.2, 0) is 5.88 Å². The summed E-state index contributed by atoms with van der Waals surface area (Å²) in [5.74, 6) is 1.85. The summed E-state index contributed by atoms with van der Waals surface area (Å²) in [6, 6.07) is 7.40. The Morgan fingerprint density at radius 2 is 1.89 bits per heavy atom. The number of benzene rings is 1. The quantitative estimate of drug-likeness (QED) is 0.693. The first-order chi connectivity index (χ1) is 9.22. The van der Waals surface area contributed by atoms with Gasteiger partial charge in [-0.15, -0.1) is 11.6 Å². The predicted octanol–water partition coefficient (Wildman–Crippen LogP) is 5.12. The zero-order valence-electron chi connectivity index (χ0n) is 10.4. The Labute approximate surface area is 126 Å². The van der Waals surface area contributed by atoms with Gasteiger partial charge in [0.1, 0.15) is 16.7 Å². The van der Waals surface area contributed by atoms with Crippen LogP contribution < -0.4 is 9.47 Å². The maximum absolute atomic E-state index is 5.91. The number of hydrogen-bond acceptors (Lipinski definition) is 4. The summed E-state index contributed by atoms with van der Waals surface area (Å²) in [5, 5.41) is 0.890.